The minimum atomic E-state index is -0.716. The number of hydrogen-bond donors (Lipinski definition) is 4. The van der Waals surface area contributed by atoms with Gasteiger partial charge in [0.2, 0.25) is 17.7 Å². The van der Waals surface area contributed by atoms with Crippen LogP contribution in [-0.2, 0) is 20.9 Å². The standard InChI is InChI=1S/C35H46ClN5O6/c1-23(2)17-29-34(45)38-22-35(11-5-6-16-47-31-9-7-26(36)19-28(31)33(44)40-29)12-14-41(15-13-35)21-32(43)37-20-25-18-27(39-24(3)42)8-10-30(25)46-4/h5-10,18-19,23,29H,11-17,20-22H2,1-4H3,(H,37,43)(H,38,45)(H,39,42)(H,40,44)/b6-5+/t29-/m0/s1. The number of benzene rings is 2. The maximum Gasteiger partial charge on any atom is 0.255 e. The van der Waals surface area contributed by atoms with Crippen molar-refractivity contribution in [1.29, 1.82) is 0 Å². The van der Waals surface area contributed by atoms with Crippen molar-refractivity contribution in [3.8, 4) is 11.5 Å². The number of halogens is 1. The molecule has 11 nitrogen and oxygen atoms in total. The van der Waals surface area contributed by atoms with Crippen molar-refractivity contribution >= 4 is 40.9 Å². The van der Waals surface area contributed by atoms with Crippen LogP contribution >= 0.6 is 11.6 Å². The molecule has 254 valence electrons. The lowest BCUT2D eigenvalue weighted by atomic mass is 9.75. The van der Waals surface area contributed by atoms with Crippen LogP contribution in [0.2, 0.25) is 5.02 Å². The van der Waals surface area contributed by atoms with Crippen LogP contribution in [0.5, 0.6) is 11.5 Å². The summed E-state index contributed by atoms with van der Waals surface area (Å²) in [5, 5.41) is 12.2. The van der Waals surface area contributed by atoms with Gasteiger partial charge < -0.3 is 30.7 Å². The Morgan fingerprint density at radius 1 is 1.13 bits per heavy atom. The zero-order valence-electron chi connectivity index (χ0n) is 27.6. The average Bonchev–Trinajstić information content (AvgIpc) is 3.03. The molecule has 1 spiro atoms. The van der Waals surface area contributed by atoms with Crippen LogP contribution in [0.15, 0.2) is 48.6 Å². The molecule has 1 fully saturated rings. The lowest BCUT2D eigenvalue weighted by Crippen LogP contribution is -2.52. The minimum absolute atomic E-state index is 0.113. The first kappa shape index (κ1) is 35.8. The van der Waals surface area contributed by atoms with E-state index in [0.717, 1.165) is 24.8 Å². The fraction of sp³-hybridized carbons (Fsp3) is 0.486. The van der Waals surface area contributed by atoms with E-state index in [-0.39, 0.29) is 54.3 Å². The summed E-state index contributed by atoms with van der Waals surface area (Å²) in [6, 6.07) is 9.48. The largest absolute Gasteiger partial charge is 0.496 e. The van der Waals surface area contributed by atoms with E-state index in [1.54, 1.807) is 43.5 Å². The van der Waals surface area contributed by atoms with Crippen molar-refractivity contribution in [1.82, 2.24) is 20.9 Å². The van der Waals surface area contributed by atoms with E-state index in [2.05, 4.69) is 32.2 Å². The fourth-order valence-electron chi connectivity index (χ4n) is 5.97. The summed E-state index contributed by atoms with van der Waals surface area (Å²) in [6.45, 7) is 8.08. The van der Waals surface area contributed by atoms with Crippen LogP contribution in [0.1, 0.15) is 62.4 Å². The zero-order chi connectivity index (χ0) is 34.0. The number of fused-ring (bicyclic) bond motifs is 1. The van der Waals surface area contributed by atoms with E-state index in [1.165, 1.54) is 6.92 Å². The molecule has 0 unspecified atom stereocenters. The normalized spacial score (nSPS) is 19.4. The molecule has 2 aliphatic rings. The van der Waals surface area contributed by atoms with Gasteiger partial charge in [-0.1, -0.05) is 37.6 Å². The van der Waals surface area contributed by atoms with Gasteiger partial charge in [0.25, 0.3) is 5.91 Å². The second kappa shape index (κ2) is 16.6. The van der Waals surface area contributed by atoms with E-state index in [1.807, 2.05) is 19.9 Å². The number of anilines is 1. The molecule has 4 amide bonds. The van der Waals surface area contributed by atoms with Gasteiger partial charge in [-0.15, -0.1) is 0 Å². The number of ether oxygens (including phenoxy) is 2. The Morgan fingerprint density at radius 2 is 1.89 bits per heavy atom. The number of likely N-dealkylation sites (tertiary alicyclic amines) is 1. The Bertz CT molecular complexity index is 1470. The third-order valence-electron chi connectivity index (χ3n) is 8.57. The van der Waals surface area contributed by atoms with E-state index < -0.39 is 11.9 Å². The third kappa shape index (κ3) is 10.5. The number of piperidine rings is 1. The number of carbonyl (C=O) groups is 4. The third-order valence-corrected chi connectivity index (χ3v) is 8.80. The van der Waals surface area contributed by atoms with Crippen molar-refractivity contribution in [2.45, 2.75) is 59.0 Å². The molecule has 0 aliphatic carbocycles. The highest BCUT2D eigenvalue weighted by Gasteiger charge is 2.35. The van der Waals surface area contributed by atoms with Gasteiger partial charge in [0.15, 0.2) is 0 Å². The van der Waals surface area contributed by atoms with E-state index in [0.29, 0.717) is 48.3 Å². The number of methoxy groups -OCH3 is 1. The summed E-state index contributed by atoms with van der Waals surface area (Å²) >= 11 is 6.19. The lowest BCUT2D eigenvalue weighted by Gasteiger charge is -2.41. The molecule has 0 saturated carbocycles. The average molecular weight is 668 g/mol. The zero-order valence-corrected chi connectivity index (χ0v) is 28.4. The lowest BCUT2D eigenvalue weighted by molar-refractivity contribution is -0.124. The summed E-state index contributed by atoms with van der Waals surface area (Å²) in [6.07, 6.45) is 6.78. The van der Waals surface area contributed by atoms with Crippen molar-refractivity contribution in [2.24, 2.45) is 11.3 Å². The van der Waals surface area contributed by atoms with Gasteiger partial charge in [-0.3, -0.25) is 24.1 Å². The van der Waals surface area contributed by atoms with Gasteiger partial charge in [-0.2, -0.15) is 0 Å². The quantitative estimate of drug-likeness (QED) is 0.308. The van der Waals surface area contributed by atoms with Crippen LogP contribution < -0.4 is 30.7 Å². The number of rotatable bonds is 8. The van der Waals surface area contributed by atoms with E-state index >= 15 is 0 Å². The first-order valence-corrected chi connectivity index (χ1v) is 16.4. The molecule has 0 bridgehead atoms. The summed E-state index contributed by atoms with van der Waals surface area (Å²) in [7, 11) is 1.56. The Kier molecular flexibility index (Phi) is 12.7. The molecule has 4 N–H and O–H groups in total. The molecule has 1 atom stereocenters. The maximum atomic E-state index is 13.5. The van der Waals surface area contributed by atoms with Crippen molar-refractivity contribution in [3.05, 3.63) is 64.7 Å². The monoisotopic (exact) mass is 667 g/mol. The molecule has 0 aromatic heterocycles. The smallest absolute Gasteiger partial charge is 0.255 e. The Labute approximate surface area is 281 Å². The highest BCUT2D eigenvalue weighted by molar-refractivity contribution is 6.31. The van der Waals surface area contributed by atoms with Crippen molar-refractivity contribution < 1.29 is 28.7 Å². The first-order valence-electron chi connectivity index (χ1n) is 16.1. The minimum Gasteiger partial charge on any atom is -0.496 e. The number of hydrogen-bond acceptors (Lipinski definition) is 7. The SMILES string of the molecule is COc1ccc(NC(C)=O)cc1CNC(=O)CN1CCC2(C/C=C/COc3ccc(Cl)cc3C(=O)N[C@@H](CC(C)C)C(=O)NC2)CC1. The number of amides is 4. The summed E-state index contributed by atoms with van der Waals surface area (Å²) < 4.78 is 11.4. The Morgan fingerprint density at radius 3 is 2.60 bits per heavy atom. The molecule has 2 aromatic carbocycles. The molecular formula is C35H46ClN5O6. The van der Waals surface area contributed by atoms with Gasteiger partial charge in [0.1, 0.15) is 24.1 Å². The van der Waals surface area contributed by atoms with Crippen molar-refractivity contribution in [2.75, 3.05) is 45.2 Å². The van der Waals surface area contributed by atoms with Crippen molar-refractivity contribution in [3.63, 3.8) is 0 Å². The van der Waals surface area contributed by atoms with Gasteiger partial charge in [-0.25, -0.2) is 0 Å². The van der Waals surface area contributed by atoms with Crippen LogP contribution in [0.3, 0.4) is 0 Å². The number of allylic oxidation sites excluding steroid dienone is 1. The van der Waals surface area contributed by atoms with Gasteiger partial charge in [-0.05, 0) is 86.5 Å². The first-order chi connectivity index (χ1) is 22.5. The van der Waals surface area contributed by atoms with Crippen LogP contribution in [0, 0.1) is 11.3 Å². The summed E-state index contributed by atoms with van der Waals surface area (Å²) in [4.78, 5) is 53.3. The second-order valence-electron chi connectivity index (χ2n) is 12.8. The molecular weight excluding hydrogens is 622 g/mol. The second-order valence-corrected chi connectivity index (χ2v) is 13.2. The molecule has 0 radical (unpaired) electrons. The molecule has 4 rings (SSSR count). The van der Waals surface area contributed by atoms with Gasteiger partial charge in [0, 0.05) is 36.3 Å². The molecule has 2 aliphatic heterocycles. The number of nitrogens with one attached hydrogen (secondary N) is 4. The number of nitrogens with zero attached hydrogens (tertiary/aromatic N) is 1. The highest BCUT2D eigenvalue weighted by Crippen LogP contribution is 2.35. The Hall–Kier alpha value is -4.09. The molecule has 47 heavy (non-hydrogen) atoms. The topological polar surface area (TPSA) is 138 Å². The summed E-state index contributed by atoms with van der Waals surface area (Å²) in [5.74, 6) is 0.269. The van der Waals surface area contributed by atoms with Gasteiger partial charge in [0.05, 0.1) is 19.2 Å². The van der Waals surface area contributed by atoms with Crippen LogP contribution in [0.4, 0.5) is 5.69 Å². The van der Waals surface area contributed by atoms with Crippen LogP contribution in [0.25, 0.3) is 0 Å². The molecule has 1 saturated heterocycles. The number of carbonyl (C=O) groups excluding carboxylic acids is 4. The fourth-order valence-corrected chi connectivity index (χ4v) is 6.14. The molecule has 2 aromatic rings. The summed E-state index contributed by atoms with van der Waals surface area (Å²) in [5.41, 5.74) is 1.47. The highest BCUT2D eigenvalue weighted by atomic mass is 35.5. The molecule has 12 heteroatoms. The predicted octanol–water partition coefficient (Wildman–Crippen LogP) is 4.31. The Balaban J connectivity index is 1.40. The molecule has 2 heterocycles. The van der Waals surface area contributed by atoms with Gasteiger partial charge >= 0.3 is 0 Å². The van der Waals surface area contributed by atoms with Crippen LogP contribution in [-0.4, -0.2) is 74.5 Å². The maximum absolute atomic E-state index is 13.5. The predicted molar refractivity (Wildman–Crippen MR) is 182 cm³/mol. The van der Waals surface area contributed by atoms with E-state index in [9.17, 15) is 19.2 Å². The van der Waals surface area contributed by atoms with E-state index in [4.69, 9.17) is 21.1 Å².